The number of rotatable bonds is 6. The predicted octanol–water partition coefficient (Wildman–Crippen LogP) is 2.20. The van der Waals surface area contributed by atoms with E-state index in [1.807, 2.05) is 6.92 Å². The number of carbonyl (C=O) groups is 2. The van der Waals surface area contributed by atoms with E-state index in [2.05, 4.69) is 9.97 Å². The Hall–Kier alpha value is -1.93. The van der Waals surface area contributed by atoms with Crippen LogP contribution in [-0.4, -0.2) is 28.5 Å². The minimum Gasteiger partial charge on any atom is -0.462 e. The molecule has 0 aromatic carbocycles. The van der Waals surface area contributed by atoms with Crippen LogP contribution < -0.4 is 5.73 Å². The van der Waals surface area contributed by atoms with E-state index in [1.165, 1.54) is 29.3 Å². The highest BCUT2D eigenvalue weighted by Crippen LogP contribution is 2.32. The molecule has 0 bridgehead atoms. The Kier molecular flexibility index (Phi) is 5.51. The van der Waals surface area contributed by atoms with Crippen molar-refractivity contribution >= 4 is 35.0 Å². The highest BCUT2D eigenvalue weighted by molar-refractivity contribution is 8.01. The van der Waals surface area contributed by atoms with Gasteiger partial charge in [0.15, 0.2) is 4.34 Å². The van der Waals surface area contributed by atoms with Gasteiger partial charge in [-0.05, 0) is 37.7 Å². The van der Waals surface area contributed by atoms with Gasteiger partial charge in [0.25, 0.3) is 0 Å². The molecule has 0 aliphatic heterocycles. The number of aromatic nitrogens is 2. The number of aryl methyl sites for hydroxylation is 1. The molecule has 1 amide bonds. The van der Waals surface area contributed by atoms with Crippen LogP contribution >= 0.6 is 23.1 Å². The third-order valence-electron chi connectivity index (χ3n) is 2.65. The van der Waals surface area contributed by atoms with E-state index in [9.17, 15) is 9.59 Å². The van der Waals surface area contributed by atoms with Crippen LogP contribution in [0.4, 0.5) is 0 Å². The van der Waals surface area contributed by atoms with Gasteiger partial charge in [-0.15, -0.1) is 11.3 Å². The van der Waals surface area contributed by atoms with Crippen molar-refractivity contribution in [3.8, 4) is 0 Å². The molecule has 6 nitrogen and oxygen atoms in total. The molecule has 0 saturated carbocycles. The number of thiazole rings is 1. The van der Waals surface area contributed by atoms with Gasteiger partial charge in [-0.3, -0.25) is 4.79 Å². The molecule has 0 atom stereocenters. The Morgan fingerprint density at radius 1 is 1.41 bits per heavy atom. The Morgan fingerprint density at radius 2 is 2.18 bits per heavy atom. The van der Waals surface area contributed by atoms with Crippen LogP contribution in [0.15, 0.2) is 27.7 Å². The van der Waals surface area contributed by atoms with Crippen molar-refractivity contribution < 1.29 is 14.3 Å². The molecule has 2 heterocycles. The molecule has 2 aromatic heterocycles. The third-order valence-corrected chi connectivity index (χ3v) is 4.82. The molecule has 0 aliphatic carbocycles. The van der Waals surface area contributed by atoms with E-state index in [1.54, 1.807) is 19.1 Å². The second-order valence-electron chi connectivity index (χ2n) is 4.34. The van der Waals surface area contributed by atoms with E-state index >= 15 is 0 Å². The molecule has 2 aromatic rings. The first-order valence-corrected chi connectivity index (χ1v) is 8.18. The van der Waals surface area contributed by atoms with Crippen molar-refractivity contribution in [2.24, 2.45) is 5.73 Å². The number of amides is 1. The van der Waals surface area contributed by atoms with Crippen LogP contribution in [0, 0.1) is 6.92 Å². The Balaban J connectivity index is 2.08. The molecule has 0 spiro atoms. The number of nitrogens with two attached hydrogens (primary N) is 1. The molecular weight excluding hydrogens is 322 g/mol. The molecule has 0 aliphatic rings. The monoisotopic (exact) mass is 337 g/mol. The fourth-order valence-electron chi connectivity index (χ4n) is 1.63. The number of pyridine rings is 1. The molecule has 116 valence electrons. The van der Waals surface area contributed by atoms with Gasteiger partial charge in [0, 0.05) is 11.1 Å². The standard InChI is InChI=1S/C14H15N3O3S2/c1-3-20-13(19)9-4-5-12(16-7-9)22-14-17-8(2)10(21-14)6-11(15)18/h4-5,7H,3,6H2,1-2H3,(H2,15,18). The van der Waals surface area contributed by atoms with Crippen molar-refractivity contribution in [1.82, 2.24) is 9.97 Å². The smallest absolute Gasteiger partial charge is 0.339 e. The largest absolute Gasteiger partial charge is 0.462 e. The molecule has 0 unspecified atom stereocenters. The summed E-state index contributed by atoms with van der Waals surface area (Å²) in [6, 6.07) is 3.40. The average Bonchev–Trinajstić information content (AvgIpc) is 2.79. The topological polar surface area (TPSA) is 95.2 Å². The summed E-state index contributed by atoms with van der Waals surface area (Å²) in [5, 5.41) is 0.715. The number of nitrogens with zero attached hydrogens (tertiary/aromatic N) is 2. The lowest BCUT2D eigenvalue weighted by atomic mass is 10.3. The lowest BCUT2D eigenvalue weighted by molar-refractivity contribution is -0.117. The van der Waals surface area contributed by atoms with Gasteiger partial charge in [0.05, 0.1) is 24.3 Å². The van der Waals surface area contributed by atoms with Crippen LogP contribution in [0.25, 0.3) is 0 Å². The number of hydrogen-bond acceptors (Lipinski definition) is 7. The summed E-state index contributed by atoms with van der Waals surface area (Å²) in [7, 11) is 0. The molecular formula is C14H15N3O3S2. The first-order chi connectivity index (χ1) is 10.5. The van der Waals surface area contributed by atoms with E-state index < -0.39 is 0 Å². The number of carbonyl (C=O) groups excluding carboxylic acids is 2. The first-order valence-electron chi connectivity index (χ1n) is 6.55. The fourth-order valence-corrected chi connectivity index (χ4v) is 3.76. The summed E-state index contributed by atoms with van der Waals surface area (Å²) in [4.78, 5) is 32.0. The van der Waals surface area contributed by atoms with Crippen LogP contribution in [-0.2, 0) is 16.0 Å². The second kappa shape index (κ2) is 7.37. The van der Waals surface area contributed by atoms with Gasteiger partial charge in [-0.2, -0.15) is 0 Å². The van der Waals surface area contributed by atoms with Gasteiger partial charge in [-0.25, -0.2) is 14.8 Å². The molecule has 0 saturated heterocycles. The van der Waals surface area contributed by atoms with Gasteiger partial charge in [0.2, 0.25) is 5.91 Å². The number of ether oxygens (including phenoxy) is 1. The summed E-state index contributed by atoms with van der Waals surface area (Å²) < 4.78 is 5.68. The second-order valence-corrected chi connectivity index (χ2v) is 6.69. The van der Waals surface area contributed by atoms with Crippen molar-refractivity contribution in [1.29, 1.82) is 0 Å². The average molecular weight is 337 g/mol. The third kappa shape index (κ3) is 4.28. The molecule has 22 heavy (non-hydrogen) atoms. The maximum atomic E-state index is 11.5. The Labute approximate surface area is 136 Å². The molecule has 2 rings (SSSR count). The van der Waals surface area contributed by atoms with Gasteiger partial charge in [-0.1, -0.05) is 0 Å². The zero-order valence-corrected chi connectivity index (χ0v) is 13.8. The van der Waals surface area contributed by atoms with Crippen LogP contribution in [0.3, 0.4) is 0 Å². The molecule has 2 N–H and O–H groups in total. The maximum absolute atomic E-state index is 11.5. The van der Waals surface area contributed by atoms with Gasteiger partial charge >= 0.3 is 5.97 Å². The van der Waals surface area contributed by atoms with E-state index in [0.717, 1.165) is 14.9 Å². The highest BCUT2D eigenvalue weighted by Gasteiger charge is 2.12. The van der Waals surface area contributed by atoms with E-state index in [4.69, 9.17) is 10.5 Å². The molecule has 8 heteroatoms. The normalized spacial score (nSPS) is 10.5. The number of esters is 1. The fraction of sp³-hybridized carbons (Fsp3) is 0.286. The van der Waals surface area contributed by atoms with Crippen molar-refractivity contribution in [3.63, 3.8) is 0 Å². The first kappa shape index (κ1) is 16.4. The van der Waals surface area contributed by atoms with Crippen LogP contribution in [0.2, 0.25) is 0 Å². The highest BCUT2D eigenvalue weighted by atomic mass is 32.2. The van der Waals surface area contributed by atoms with E-state index in [0.29, 0.717) is 17.2 Å². The minimum absolute atomic E-state index is 0.194. The Bertz CT molecular complexity index is 683. The lowest BCUT2D eigenvalue weighted by Crippen LogP contribution is -2.13. The van der Waals surface area contributed by atoms with Crippen LogP contribution in [0.5, 0.6) is 0 Å². The number of hydrogen-bond donors (Lipinski definition) is 1. The molecule has 0 radical (unpaired) electrons. The maximum Gasteiger partial charge on any atom is 0.339 e. The summed E-state index contributed by atoms with van der Waals surface area (Å²) in [5.74, 6) is -0.763. The van der Waals surface area contributed by atoms with Crippen molar-refractivity contribution in [2.75, 3.05) is 6.61 Å². The van der Waals surface area contributed by atoms with Crippen LogP contribution in [0.1, 0.15) is 27.9 Å². The van der Waals surface area contributed by atoms with E-state index in [-0.39, 0.29) is 18.3 Å². The molecule has 0 fully saturated rings. The summed E-state index contributed by atoms with van der Waals surface area (Å²) in [5.41, 5.74) is 6.42. The quantitative estimate of drug-likeness (QED) is 0.812. The summed E-state index contributed by atoms with van der Waals surface area (Å²) in [6.07, 6.45) is 1.67. The Morgan fingerprint density at radius 3 is 2.77 bits per heavy atom. The van der Waals surface area contributed by atoms with Crippen molar-refractivity contribution in [3.05, 3.63) is 34.5 Å². The van der Waals surface area contributed by atoms with Gasteiger partial charge < -0.3 is 10.5 Å². The summed E-state index contributed by atoms with van der Waals surface area (Å²) in [6.45, 7) is 3.93. The summed E-state index contributed by atoms with van der Waals surface area (Å²) >= 11 is 2.80. The predicted molar refractivity (Wildman–Crippen MR) is 84.1 cm³/mol. The van der Waals surface area contributed by atoms with Crippen molar-refractivity contribution in [2.45, 2.75) is 29.6 Å². The SMILES string of the molecule is CCOC(=O)c1ccc(Sc2nc(C)c(CC(N)=O)s2)nc1. The zero-order valence-electron chi connectivity index (χ0n) is 12.2. The van der Waals surface area contributed by atoms with Gasteiger partial charge in [0.1, 0.15) is 5.03 Å². The zero-order chi connectivity index (χ0) is 16.1. The lowest BCUT2D eigenvalue weighted by Gasteiger charge is -2.01. The minimum atomic E-state index is -0.389. The number of primary amides is 1.